The molecule has 0 aliphatic carbocycles. The molecule has 1 fully saturated rings. The van der Waals surface area contributed by atoms with E-state index in [1.54, 1.807) is 0 Å². The normalized spacial score (nSPS) is 27.2. The van der Waals surface area contributed by atoms with E-state index >= 15 is 0 Å². The fourth-order valence-electron chi connectivity index (χ4n) is 1.98. The second-order valence-corrected chi connectivity index (χ2v) is 3.46. The van der Waals surface area contributed by atoms with Crippen molar-refractivity contribution in [2.45, 2.75) is 39.2 Å². The van der Waals surface area contributed by atoms with Gasteiger partial charge in [0.15, 0.2) is 0 Å². The van der Waals surface area contributed by atoms with Crippen molar-refractivity contribution in [3.8, 4) is 0 Å². The number of hydrogen-bond donors (Lipinski definition) is 1. The molecule has 1 atom stereocenters. The molecule has 1 rings (SSSR count). The van der Waals surface area contributed by atoms with E-state index in [2.05, 4.69) is 13.8 Å². The fraction of sp³-hybridized carbons (Fsp3) is 0.889. The van der Waals surface area contributed by atoms with Gasteiger partial charge in [0.2, 0.25) is 0 Å². The van der Waals surface area contributed by atoms with Crippen LogP contribution in [-0.4, -0.2) is 18.6 Å². The van der Waals surface area contributed by atoms with Crippen LogP contribution in [0, 0.1) is 5.41 Å². The Kier molecular flexibility index (Phi) is 2.73. The van der Waals surface area contributed by atoms with Gasteiger partial charge in [-0.3, -0.25) is 4.79 Å². The first-order valence-corrected chi connectivity index (χ1v) is 4.58. The van der Waals surface area contributed by atoms with Gasteiger partial charge >= 0.3 is 5.97 Å². The highest BCUT2D eigenvalue weighted by Crippen LogP contribution is 2.41. The Labute approximate surface area is 73.3 Å². The van der Waals surface area contributed by atoms with Gasteiger partial charge in [-0.1, -0.05) is 13.8 Å². The highest BCUT2D eigenvalue weighted by atomic mass is 16.6. The summed E-state index contributed by atoms with van der Waals surface area (Å²) in [6.45, 7) is 4.63. The van der Waals surface area contributed by atoms with Crippen molar-refractivity contribution < 1.29 is 9.53 Å². The quantitative estimate of drug-likeness (QED) is 0.646. The van der Waals surface area contributed by atoms with E-state index in [9.17, 15) is 4.79 Å². The molecule has 70 valence electrons. The summed E-state index contributed by atoms with van der Waals surface area (Å²) in [6.07, 6.45) is 2.43. The maximum absolute atomic E-state index is 11.1. The van der Waals surface area contributed by atoms with E-state index in [1.807, 2.05) is 0 Å². The zero-order chi connectivity index (χ0) is 9.19. The second-order valence-electron chi connectivity index (χ2n) is 3.46. The molecule has 12 heavy (non-hydrogen) atoms. The van der Waals surface area contributed by atoms with Crippen LogP contribution in [0.5, 0.6) is 0 Å². The molecule has 0 aromatic heterocycles. The van der Waals surface area contributed by atoms with Crippen LogP contribution in [0.1, 0.15) is 33.1 Å². The lowest BCUT2D eigenvalue weighted by Crippen LogP contribution is -2.35. The molecule has 1 heterocycles. The smallest absolute Gasteiger partial charge is 0.306 e. The van der Waals surface area contributed by atoms with Gasteiger partial charge in [-0.25, -0.2) is 0 Å². The first-order valence-electron chi connectivity index (χ1n) is 4.58. The molecule has 0 radical (unpaired) electrons. The summed E-state index contributed by atoms with van der Waals surface area (Å²) < 4.78 is 5.14. The molecule has 3 nitrogen and oxygen atoms in total. The predicted octanol–water partition coefficient (Wildman–Crippen LogP) is 1.07. The first-order chi connectivity index (χ1) is 5.68. The second kappa shape index (κ2) is 3.44. The van der Waals surface area contributed by atoms with Crippen LogP contribution >= 0.6 is 0 Å². The monoisotopic (exact) mass is 171 g/mol. The van der Waals surface area contributed by atoms with Gasteiger partial charge < -0.3 is 10.5 Å². The Balaban J connectivity index is 2.78. The lowest BCUT2D eigenvalue weighted by Gasteiger charge is -2.29. The summed E-state index contributed by atoms with van der Waals surface area (Å²) in [5, 5.41) is 0. The van der Waals surface area contributed by atoms with E-state index in [-0.39, 0.29) is 17.5 Å². The van der Waals surface area contributed by atoms with Gasteiger partial charge in [0.05, 0.1) is 6.42 Å². The molecule has 2 N–H and O–H groups in total. The van der Waals surface area contributed by atoms with Crippen molar-refractivity contribution in [2.75, 3.05) is 6.54 Å². The van der Waals surface area contributed by atoms with Gasteiger partial charge in [-0.2, -0.15) is 0 Å². The van der Waals surface area contributed by atoms with Crippen LogP contribution in [0.2, 0.25) is 0 Å². The van der Waals surface area contributed by atoms with E-state index in [1.165, 1.54) is 0 Å². The summed E-state index contributed by atoms with van der Waals surface area (Å²) in [4.78, 5) is 11.1. The average Bonchev–Trinajstić information content (AvgIpc) is 2.42. The van der Waals surface area contributed by atoms with E-state index in [0.717, 1.165) is 12.8 Å². The Morgan fingerprint density at radius 3 is 2.50 bits per heavy atom. The van der Waals surface area contributed by atoms with Crippen molar-refractivity contribution in [1.82, 2.24) is 0 Å². The lowest BCUT2D eigenvalue weighted by atomic mass is 9.76. The zero-order valence-electron chi connectivity index (χ0n) is 7.80. The third-order valence-electron chi connectivity index (χ3n) is 3.08. The Bertz CT molecular complexity index is 175. The average molecular weight is 171 g/mol. The standard InChI is InChI=1S/C9H17NO2/c1-3-9(4-2)5-8(11)12-7(9)6-10/h7H,3-6,10H2,1-2H3. The van der Waals surface area contributed by atoms with Gasteiger partial charge in [-0.15, -0.1) is 0 Å². The summed E-state index contributed by atoms with van der Waals surface area (Å²) in [7, 11) is 0. The highest BCUT2D eigenvalue weighted by molar-refractivity contribution is 5.73. The summed E-state index contributed by atoms with van der Waals surface area (Å²) in [6, 6.07) is 0. The molecular weight excluding hydrogens is 154 g/mol. The Morgan fingerprint density at radius 1 is 1.58 bits per heavy atom. The molecule has 1 saturated heterocycles. The zero-order valence-corrected chi connectivity index (χ0v) is 7.80. The molecule has 0 saturated carbocycles. The van der Waals surface area contributed by atoms with E-state index in [0.29, 0.717) is 13.0 Å². The molecule has 1 aliphatic rings. The molecule has 0 amide bonds. The Morgan fingerprint density at radius 2 is 2.17 bits per heavy atom. The van der Waals surface area contributed by atoms with Crippen molar-refractivity contribution in [3.63, 3.8) is 0 Å². The number of esters is 1. The minimum absolute atomic E-state index is 0.0197. The molecular formula is C9H17NO2. The van der Waals surface area contributed by atoms with Crippen LogP contribution in [0.15, 0.2) is 0 Å². The molecule has 0 aromatic rings. The van der Waals surface area contributed by atoms with Crippen LogP contribution in [0.4, 0.5) is 0 Å². The summed E-state index contributed by atoms with van der Waals surface area (Å²) in [5.74, 6) is -0.0887. The Hall–Kier alpha value is -0.570. The number of carbonyl (C=O) groups excluding carboxylic acids is 1. The fourth-order valence-corrected chi connectivity index (χ4v) is 1.98. The van der Waals surface area contributed by atoms with Crippen molar-refractivity contribution >= 4 is 5.97 Å². The van der Waals surface area contributed by atoms with Crippen molar-refractivity contribution in [1.29, 1.82) is 0 Å². The summed E-state index contributed by atoms with van der Waals surface area (Å²) >= 11 is 0. The van der Waals surface area contributed by atoms with Crippen LogP contribution in [0.3, 0.4) is 0 Å². The molecule has 0 bridgehead atoms. The minimum Gasteiger partial charge on any atom is -0.460 e. The number of nitrogens with two attached hydrogens (primary N) is 1. The first kappa shape index (κ1) is 9.52. The lowest BCUT2D eigenvalue weighted by molar-refractivity contribution is -0.141. The number of ether oxygens (including phenoxy) is 1. The molecule has 0 aromatic carbocycles. The number of hydrogen-bond acceptors (Lipinski definition) is 3. The highest BCUT2D eigenvalue weighted by Gasteiger charge is 2.45. The van der Waals surface area contributed by atoms with E-state index in [4.69, 9.17) is 10.5 Å². The van der Waals surface area contributed by atoms with E-state index < -0.39 is 0 Å². The number of carbonyl (C=O) groups is 1. The number of rotatable bonds is 3. The maximum Gasteiger partial charge on any atom is 0.306 e. The van der Waals surface area contributed by atoms with Crippen molar-refractivity contribution in [2.24, 2.45) is 11.1 Å². The predicted molar refractivity (Wildman–Crippen MR) is 46.6 cm³/mol. The third-order valence-corrected chi connectivity index (χ3v) is 3.08. The van der Waals surface area contributed by atoms with Gasteiger partial charge in [0, 0.05) is 12.0 Å². The van der Waals surface area contributed by atoms with Crippen LogP contribution < -0.4 is 5.73 Å². The SMILES string of the molecule is CCC1(CC)CC(=O)OC1CN. The summed E-state index contributed by atoms with van der Waals surface area (Å²) in [5.41, 5.74) is 5.57. The maximum atomic E-state index is 11.1. The molecule has 3 heteroatoms. The third kappa shape index (κ3) is 1.33. The van der Waals surface area contributed by atoms with Gasteiger partial charge in [0.25, 0.3) is 0 Å². The van der Waals surface area contributed by atoms with Crippen molar-refractivity contribution in [3.05, 3.63) is 0 Å². The molecule has 1 aliphatic heterocycles. The largest absolute Gasteiger partial charge is 0.460 e. The van der Waals surface area contributed by atoms with Crippen LogP contribution in [0.25, 0.3) is 0 Å². The molecule has 0 spiro atoms. The topological polar surface area (TPSA) is 52.3 Å². The van der Waals surface area contributed by atoms with Gasteiger partial charge in [0.1, 0.15) is 6.10 Å². The van der Waals surface area contributed by atoms with Gasteiger partial charge in [-0.05, 0) is 12.8 Å². The minimum atomic E-state index is -0.0887. The van der Waals surface area contributed by atoms with Crippen LogP contribution in [-0.2, 0) is 9.53 Å². The molecule has 1 unspecified atom stereocenters. The number of cyclic esters (lactones) is 1.